The molecule has 1 aromatic rings. The quantitative estimate of drug-likeness (QED) is 0.331. The molecule has 1 aliphatic carbocycles. The molecule has 0 aliphatic heterocycles. The number of unbranched alkanes of at least 4 members (excludes halogenated alkanes) is 1. The SMILES string of the molecule is COC(=O)c1ccccc1OC(=O)CCCC[C@@H]1CC[C@@H](S)[C@@H]1S. The van der Waals surface area contributed by atoms with E-state index in [4.69, 9.17) is 4.74 Å². The zero-order chi connectivity index (χ0) is 17.5. The van der Waals surface area contributed by atoms with Crippen molar-refractivity contribution >= 4 is 37.2 Å². The van der Waals surface area contributed by atoms with Crippen LogP contribution in [0.25, 0.3) is 0 Å². The van der Waals surface area contributed by atoms with Gasteiger partial charge in [0.05, 0.1) is 7.11 Å². The Morgan fingerprint density at radius 3 is 2.58 bits per heavy atom. The molecule has 0 aromatic heterocycles. The molecule has 132 valence electrons. The smallest absolute Gasteiger partial charge is 0.341 e. The van der Waals surface area contributed by atoms with Crippen LogP contribution in [0.3, 0.4) is 0 Å². The van der Waals surface area contributed by atoms with Crippen molar-refractivity contribution in [3.8, 4) is 5.75 Å². The maximum atomic E-state index is 12.0. The van der Waals surface area contributed by atoms with Gasteiger partial charge in [0.15, 0.2) is 0 Å². The van der Waals surface area contributed by atoms with Gasteiger partial charge in [0, 0.05) is 16.9 Å². The molecule has 1 aliphatic rings. The topological polar surface area (TPSA) is 52.6 Å². The number of carbonyl (C=O) groups is 2. The Bertz CT molecular complexity index is 576. The van der Waals surface area contributed by atoms with E-state index in [2.05, 4.69) is 30.0 Å². The van der Waals surface area contributed by atoms with E-state index in [0.717, 1.165) is 25.7 Å². The van der Waals surface area contributed by atoms with Crippen LogP contribution in [0.1, 0.15) is 48.9 Å². The standard InChI is InChI=1S/C18H24O4S2/c1-21-18(20)13-7-3-4-8-14(13)22-16(19)9-5-2-6-12-10-11-15(23)17(12)24/h3-4,7-8,12,15,17,23-24H,2,5-6,9-11H2,1H3/t12-,15-,17-/m1/s1. The van der Waals surface area contributed by atoms with Crippen LogP contribution in [0.2, 0.25) is 0 Å². The zero-order valence-electron chi connectivity index (χ0n) is 13.8. The predicted octanol–water partition coefficient (Wildman–Crippen LogP) is 3.95. The summed E-state index contributed by atoms with van der Waals surface area (Å²) in [5.41, 5.74) is 0.261. The summed E-state index contributed by atoms with van der Waals surface area (Å²) in [5, 5.41) is 0.741. The number of carbonyl (C=O) groups excluding carboxylic acids is 2. The highest BCUT2D eigenvalue weighted by atomic mass is 32.1. The van der Waals surface area contributed by atoms with E-state index in [-0.39, 0.29) is 17.3 Å². The number of ether oxygens (including phenoxy) is 2. The van der Waals surface area contributed by atoms with Gasteiger partial charge in [0.2, 0.25) is 0 Å². The Labute approximate surface area is 154 Å². The molecule has 3 atom stereocenters. The molecule has 0 N–H and O–H groups in total. The van der Waals surface area contributed by atoms with E-state index in [0.29, 0.717) is 22.8 Å². The lowest BCUT2D eigenvalue weighted by Gasteiger charge is -2.16. The van der Waals surface area contributed by atoms with Gasteiger partial charge in [-0.05, 0) is 43.7 Å². The number of methoxy groups -OCH3 is 1. The molecule has 0 amide bonds. The van der Waals surface area contributed by atoms with Crippen LogP contribution in [-0.2, 0) is 9.53 Å². The fourth-order valence-corrected chi connectivity index (χ4v) is 3.88. The minimum absolute atomic E-state index is 0.249. The molecule has 0 unspecified atom stereocenters. The Kier molecular flexibility index (Phi) is 7.49. The number of hydrogen-bond acceptors (Lipinski definition) is 6. The van der Waals surface area contributed by atoms with Crippen LogP contribution >= 0.6 is 25.3 Å². The largest absolute Gasteiger partial charge is 0.465 e. The van der Waals surface area contributed by atoms with E-state index in [9.17, 15) is 9.59 Å². The maximum Gasteiger partial charge on any atom is 0.341 e. The first kappa shape index (κ1) is 19.2. The van der Waals surface area contributed by atoms with Gasteiger partial charge >= 0.3 is 11.9 Å². The van der Waals surface area contributed by atoms with Gasteiger partial charge in [-0.25, -0.2) is 4.79 Å². The second kappa shape index (κ2) is 9.37. The average molecular weight is 369 g/mol. The van der Waals surface area contributed by atoms with E-state index in [1.165, 1.54) is 13.5 Å². The second-order valence-corrected chi connectivity index (χ2v) is 7.36. The lowest BCUT2D eigenvalue weighted by atomic mass is 9.99. The molecule has 0 bridgehead atoms. The first-order chi connectivity index (χ1) is 11.5. The molecule has 0 saturated heterocycles. The highest BCUT2D eigenvalue weighted by Gasteiger charge is 2.30. The molecule has 1 saturated carbocycles. The highest BCUT2D eigenvalue weighted by Crippen LogP contribution is 2.36. The number of rotatable bonds is 7. The van der Waals surface area contributed by atoms with Crippen LogP contribution in [0.15, 0.2) is 24.3 Å². The Morgan fingerprint density at radius 1 is 1.17 bits per heavy atom. The van der Waals surface area contributed by atoms with Gasteiger partial charge in [-0.2, -0.15) is 25.3 Å². The summed E-state index contributed by atoms with van der Waals surface area (Å²) in [6.07, 6.45) is 5.43. The van der Waals surface area contributed by atoms with E-state index in [1.54, 1.807) is 24.3 Å². The van der Waals surface area contributed by atoms with Crippen molar-refractivity contribution in [1.82, 2.24) is 0 Å². The van der Waals surface area contributed by atoms with Crippen molar-refractivity contribution in [2.45, 2.75) is 49.0 Å². The van der Waals surface area contributed by atoms with Crippen molar-refractivity contribution in [2.24, 2.45) is 5.92 Å². The number of hydrogen-bond donors (Lipinski definition) is 2. The molecule has 0 heterocycles. The number of thiol groups is 2. The van der Waals surface area contributed by atoms with Crippen molar-refractivity contribution in [2.75, 3.05) is 7.11 Å². The summed E-state index contributed by atoms with van der Waals surface area (Å²) in [7, 11) is 1.30. The summed E-state index contributed by atoms with van der Waals surface area (Å²) >= 11 is 9.14. The van der Waals surface area contributed by atoms with Gasteiger partial charge in [-0.1, -0.05) is 18.6 Å². The number of esters is 2. The molecule has 2 rings (SSSR count). The first-order valence-electron chi connectivity index (χ1n) is 8.27. The lowest BCUT2D eigenvalue weighted by Crippen LogP contribution is -2.15. The van der Waals surface area contributed by atoms with Gasteiger partial charge in [0.25, 0.3) is 0 Å². The maximum absolute atomic E-state index is 12.0. The molecule has 1 aromatic carbocycles. The average Bonchev–Trinajstić information content (AvgIpc) is 2.90. The Hall–Kier alpha value is -1.14. The highest BCUT2D eigenvalue weighted by molar-refractivity contribution is 7.85. The summed E-state index contributed by atoms with van der Waals surface area (Å²) < 4.78 is 10.0. The molecule has 4 nitrogen and oxygen atoms in total. The Balaban J connectivity index is 1.75. The summed E-state index contributed by atoms with van der Waals surface area (Å²) in [4.78, 5) is 23.6. The Morgan fingerprint density at radius 2 is 1.92 bits per heavy atom. The van der Waals surface area contributed by atoms with Crippen molar-refractivity contribution in [3.05, 3.63) is 29.8 Å². The summed E-state index contributed by atoms with van der Waals surface area (Å²) in [6, 6.07) is 6.60. The molecule has 6 heteroatoms. The van der Waals surface area contributed by atoms with Crippen LogP contribution in [-0.4, -0.2) is 29.5 Å². The second-order valence-electron chi connectivity index (χ2n) is 6.10. The zero-order valence-corrected chi connectivity index (χ0v) is 15.6. The molecule has 0 spiro atoms. The van der Waals surface area contributed by atoms with Gasteiger partial charge in [0.1, 0.15) is 11.3 Å². The summed E-state index contributed by atoms with van der Waals surface area (Å²) in [6.45, 7) is 0. The van der Waals surface area contributed by atoms with Crippen molar-refractivity contribution in [1.29, 1.82) is 0 Å². The number of benzene rings is 1. The fraction of sp³-hybridized carbons (Fsp3) is 0.556. The minimum Gasteiger partial charge on any atom is -0.465 e. The van der Waals surface area contributed by atoms with Crippen LogP contribution in [0.4, 0.5) is 0 Å². The van der Waals surface area contributed by atoms with E-state index >= 15 is 0 Å². The lowest BCUT2D eigenvalue weighted by molar-refractivity contribution is -0.134. The molecule has 1 fully saturated rings. The third kappa shape index (κ3) is 5.18. The third-order valence-corrected chi connectivity index (χ3v) is 6.03. The molecule has 24 heavy (non-hydrogen) atoms. The molecular weight excluding hydrogens is 344 g/mol. The van der Waals surface area contributed by atoms with Gasteiger partial charge in [-0.3, -0.25) is 4.79 Å². The van der Waals surface area contributed by atoms with Crippen molar-refractivity contribution < 1.29 is 19.1 Å². The monoisotopic (exact) mass is 368 g/mol. The molecular formula is C18H24O4S2. The summed E-state index contributed by atoms with van der Waals surface area (Å²) in [5.74, 6) is -0.00146. The predicted molar refractivity (Wildman–Crippen MR) is 100 cm³/mol. The van der Waals surface area contributed by atoms with Crippen LogP contribution in [0, 0.1) is 5.92 Å². The van der Waals surface area contributed by atoms with E-state index in [1.807, 2.05) is 0 Å². The van der Waals surface area contributed by atoms with Gasteiger partial charge < -0.3 is 9.47 Å². The number of para-hydroxylation sites is 1. The normalized spacial score (nSPS) is 23.0. The molecule has 0 radical (unpaired) electrons. The van der Waals surface area contributed by atoms with Crippen LogP contribution in [0.5, 0.6) is 5.75 Å². The first-order valence-corrected chi connectivity index (χ1v) is 9.30. The fourth-order valence-electron chi connectivity index (χ4n) is 3.04. The van der Waals surface area contributed by atoms with Crippen molar-refractivity contribution in [3.63, 3.8) is 0 Å². The minimum atomic E-state index is -0.513. The van der Waals surface area contributed by atoms with Crippen LogP contribution < -0.4 is 4.74 Å². The van der Waals surface area contributed by atoms with Gasteiger partial charge in [-0.15, -0.1) is 0 Å². The van der Waals surface area contributed by atoms with E-state index < -0.39 is 5.97 Å². The third-order valence-electron chi connectivity index (χ3n) is 4.43.